The van der Waals surface area contributed by atoms with E-state index in [1.165, 1.54) is 29.2 Å². The normalized spacial score (nSPS) is 18.1. The summed E-state index contributed by atoms with van der Waals surface area (Å²) in [5.41, 5.74) is -1.93. The molecule has 1 amide bonds. The number of benzene rings is 2. The number of hydrogen-bond donors (Lipinski definition) is 0. The maximum absolute atomic E-state index is 13.5. The molecule has 2 aliphatic heterocycles. The van der Waals surface area contributed by atoms with Crippen LogP contribution in [-0.2, 0) is 40.2 Å². The summed E-state index contributed by atoms with van der Waals surface area (Å²) < 4.78 is 115. The number of allylic oxidation sites excluding steroid dienone is 1. The average molecular weight is 652 g/mol. The van der Waals surface area contributed by atoms with Crippen LogP contribution >= 0.6 is 11.8 Å². The number of carbonyl (C=O) groups is 1. The standard InChI is InChI=1S/C27H27F6N3O5S2/c1-16(23-24(37)34-25(42-23)35-8-10-36(11-9-35)43(3,38)39)12-17-4-7-21(22(13-17)40-2)41-15-18-5-6-19(26(28,29)30)14-20(18)27(31,32)33/h4-7,13-14H,8-12,15H2,1-3H3/b23-16+. The molecule has 2 aromatic carbocycles. The van der Waals surface area contributed by atoms with Crippen molar-refractivity contribution >= 4 is 32.9 Å². The van der Waals surface area contributed by atoms with Crippen LogP contribution in [0.1, 0.15) is 29.2 Å². The van der Waals surface area contributed by atoms with Crippen molar-refractivity contribution < 1.29 is 49.0 Å². The van der Waals surface area contributed by atoms with Crippen LogP contribution in [0.2, 0.25) is 0 Å². The SMILES string of the molecule is COc1cc(C/C(C)=C2/SC(N3CCN(S(C)(=O)=O)CC3)=NC2=O)ccc1OCc1ccc(C(F)(F)F)cc1C(F)(F)F. The highest BCUT2D eigenvalue weighted by molar-refractivity contribution is 8.18. The molecule has 4 rings (SSSR count). The Hall–Kier alpha value is -3.24. The molecule has 0 aromatic heterocycles. The minimum absolute atomic E-state index is 0.0578. The average Bonchev–Trinajstić information content (AvgIpc) is 3.32. The maximum Gasteiger partial charge on any atom is 0.416 e. The Labute approximate surface area is 248 Å². The Bertz CT molecular complexity index is 1560. The highest BCUT2D eigenvalue weighted by Gasteiger charge is 2.38. The van der Waals surface area contributed by atoms with Crippen LogP contribution in [0, 0.1) is 0 Å². The van der Waals surface area contributed by atoms with Crippen molar-refractivity contribution in [3.63, 3.8) is 0 Å². The summed E-state index contributed by atoms with van der Waals surface area (Å²) >= 11 is 1.21. The Kier molecular flexibility index (Phi) is 9.42. The zero-order valence-corrected chi connectivity index (χ0v) is 24.8. The molecule has 43 heavy (non-hydrogen) atoms. The number of halogens is 6. The van der Waals surface area contributed by atoms with E-state index >= 15 is 0 Å². The molecule has 0 unspecified atom stereocenters. The van der Waals surface area contributed by atoms with Crippen molar-refractivity contribution in [2.24, 2.45) is 4.99 Å². The van der Waals surface area contributed by atoms with Crippen LogP contribution in [0.15, 0.2) is 51.9 Å². The van der Waals surface area contributed by atoms with Gasteiger partial charge in [0, 0.05) is 31.7 Å². The van der Waals surface area contributed by atoms with E-state index in [9.17, 15) is 39.6 Å². The number of carbonyl (C=O) groups excluding carboxylic acids is 1. The Morgan fingerprint density at radius 3 is 2.23 bits per heavy atom. The maximum atomic E-state index is 13.5. The van der Waals surface area contributed by atoms with Gasteiger partial charge >= 0.3 is 12.4 Å². The fraction of sp³-hybridized carbons (Fsp3) is 0.407. The molecular weight excluding hydrogens is 624 g/mol. The van der Waals surface area contributed by atoms with Crippen LogP contribution in [0.5, 0.6) is 11.5 Å². The molecule has 1 saturated heterocycles. The first-order chi connectivity index (χ1) is 20.0. The second-order valence-electron chi connectivity index (χ2n) is 9.88. The number of ether oxygens (including phenoxy) is 2. The van der Waals surface area contributed by atoms with E-state index in [2.05, 4.69) is 4.99 Å². The van der Waals surface area contributed by atoms with Gasteiger partial charge in [-0.05, 0) is 60.5 Å². The third kappa shape index (κ3) is 7.84. The summed E-state index contributed by atoms with van der Waals surface area (Å²) in [6.07, 6.45) is -8.50. The number of methoxy groups -OCH3 is 1. The Morgan fingerprint density at radius 2 is 1.65 bits per heavy atom. The Morgan fingerprint density at radius 1 is 0.977 bits per heavy atom. The predicted molar refractivity (Wildman–Crippen MR) is 148 cm³/mol. The number of rotatable bonds is 7. The molecule has 0 atom stereocenters. The van der Waals surface area contributed by atoms with Gasteiger partial charge in [0.2, 0.25) is 10.0 Å². The number of nitrogens with zero attached hydrogens (tertiary/aromatic N) is 3. The van der Waals surface area contributed by atoms with Crippen LogP contribution in [-0.4, -0.2) is 68.2 Å². The molecule has 2 aromatic rings. The summed E-state index contributed by atoms with van der Waals surface area (Å²) in [6.45, 7) is 2.47. The van der Waals surface area contributed by atoms with Crippen LogP contribution in [0.3, 0.4) is 0 Å². The Balaban J connectivity index is 1.44. The molecule has 234 valence electrons. The van der Waals surface area contributed by atoms with Gasteiger partial charge in [-0.25, -0.2) is 8.42 Å². The first-order valence-corrected chi connectivity index (χ1v) is 15.4. The lowest BCUT2D eigenvalue weighted by atomic mass is 10.0. The van der Waals surface area contributed by atoms with Crippen molar-refractivity contribution in [2.75, 3.05) is 39.5 Å². The molecule has 0 aliphatic carbocycles. The third-order valence-electron chi connectivity index (χ3n) is 6.77. The zero-order valence-electron chi connectivity index (χ0n) is 23.2. The van der Waals surface area contributed by atoms with Crippen LogP contribution in [0.25, 0.3) is 0 Å². The van der Waals surface area contributed by atoms with E-state index < -0.39 is 51.6 Å². The van der Waals surface area contributed by atoms with E-state index in [0.29, 0.717) is 46.8 Å². The number of hydrogen-bond acceptors (Lipinski definition) is 7. The number of thioether (sulfide) groups is 1. The number of sulfonamides is 1. The van der Waals surface area contributed by atoms with Gasteiger partial charge in [-0.15, -0.1) is 0 Å². The van der Waals surface area contributed by atoms with Crippen molar-refractivity contribution in [2.45, 2.75) is 32.3 Å². The molecule has 2 aliphatic rings. The molecule has 8 nitrogen and oxygen atoms in total. The molecular formula is C27H27F6N3O5S2. The van der Waals surface area contributed by atoms with Gasteiger partial charge in [0.05, 0.1) is 29.4 Å². The van der Waals surface area contributed by atoms with Crippen molar-refractivity contribution in [3.05, 3.63) is 69.1 Å². The fourth-order valence-electron chi connectivity index (χ4n) is 4.54. The number of piperazine rings is 1. The van der Waals surface area contributed by atoms with Crippen molar-refractivity contribution in [1.29, 1.82) is 0 Å². The fourth-order valence-corrected chi connectivity index (χ4v) is 6.37. The molecule has 2 heterocycles. The van der Waals surface area contributed by atoms with Crippen LogP contribution in [0.4, 0.5) is 26.3 Å². The minimum atomic E-state index is -5.03. The lowest BCUT2D eigenvalue weighted by Crippen LogP contribution is -2.49. The largest absolute Gasteiger partial charge is 0.493 e. The summed E-state index contributed by atoms with van der Waals surface area (Å²) in [4.78, 5) is 19.1. The van der Waals surface area contributed by atoms with Gasteiger partial charge in [-0.1, -0.05) is 12.1 Å². The van der Waals surface area contributed by atoms with E-state index in [1.807, 2.05) is 4.90 Å². The zero-order chi connectivity index (χ0) is 31.7. The number of alkyl halides is 6. The third-order valence-corrected chi connectivity index (χ3v) is 9.34. The summed E-state index contributed by atoms with van der Waals surface area (Å²) in [5, 5.41) is 0.496. The summed E-state index contributed by atoms with van der Waals surface area (Å²) in [7, 11) is -1.97. The number of aliphatic imine (C=N–C) groups is 1. The monoisotopic (exact) mass is 651 g/mol. The van der Waals surface area contributed by atoms with E-state index in [0.717, 1.165) is 12.3 Å². The molecule has 0 radical (unpaired) electrons. The van der Waals surface area contributed by atoms with Gasteiger partial charge in [-0.3, -0.25) is 4.79 Å². The highest BCUT2D eigenvalue weighted by atomic mass is 32.2. The molecule has 16 heteroatoms. The first kappa shape index (κ1) is 32.7. The molecule has 0 saturated carbocycles. The minimum Gasteiger partial charge on any atom is -0.493 e. The van der Waals surface area contributed by atoms with E-state index in [4.69, 9.17) is 9.47 Å². The quantitative estimate of drug-likeness (QED) is 0.295. The van der Waals surface area contributed by atoms with Gasteiger partial charge < -0.3 is 14.4 Å². The van der Waals surface area contributed by atoms with Crippen molar-refractivity contribution in [1.82, 2.24) is 9.21 Å². The summed E-state index contributed by atoms with van der Waals surface area (Å²) in [6, 6.07) is 6.05. The predicted octanol–water partition coefficient (Wildman–Crippen LogP) is 5.33. The van der Waals surface area contributed by atoms with Gasteiger partial charge in [0.15, 0.2) is 16.7 Å². The van der Waals surface area contributed by atoms with E-state index in [-0.39, 0.29) is 30.7 Å². The smallest absolute Gasteiger partial charge is 0.416 e. The molecule has 1 fully saturated rings. The van der Waals surface area contributed by atoms with Gasteiger partial charge in [0.25, 0.3) is 5.91 Å². The number of amides is 1. The lowest BCUT2D eigenvalue weighted by Gasteiger charge is -2.33. The molecule has 0 bridgehead atoms. The number of amidine groups is 1. The lowest BCUT2D eigenvalue weighted by molar-refractivity contribution is -0.143. The molecule has 0 N–H and O–H groups in total. The topological polar surface area (TPSA) is 88.5 Å². The van der Waals surface area contributed by atoms with Crippen LogP contribution < -0.4 is 9.47 Å². The molecule has 0 spiro atoms. The highest BCUT2D eigenvalue weighted by Crippen LogP contribution is 2.39. The van der Waals surface area contributed by atoms with Gasteiger partial charge in [0.1, 0.15) is 6.61 Å². The second-order valence-corrected chi connectivity index (χ2v) is 12.8. The summed E-state index contributed by atoms with van der Waals surface area (Å²) in [5.74, 6) is -0.149. The van der Waals surface area contributed by atoms with E-state index in [1.54, 1.807) is 19.1 Å². The van der Waals surface area contributed by atoms with Crippen molar-refractivity contribution in [3.8, 4) is 11.5 Å². The van der Waals surface area contributed by atoms with Gasteiger partial charge in [-0.2, -0.15) is 35.6 Å². The first-order valence-electron chi connectivity index (χ1n) is 12.7. The second kappa shape index (κ2) is 12.4.